The largest absolute Gasteiger partial charge is 0.487 e. The minimum atomic E-state index is -0.392. The molecule has 23 heavy (non-hydrogen) atoms. The first-order valence-electron chi connectivity index (χ1n) is 9.05. The van der Waals surface area contributed by atoms with Crippen molar-refractivity contribution < 1.29 is 9.84 Å². The van der Waals surface area contributed by atoms with Crippen LogP contribution in [0.3, 0.4) is 0 Å². The van der Waals surface area contributed by atoms with E-state index < -0.39 is 6.10 Å². The maximum atomic E-state index is 10.9. The molecule has 0 spiro atoms. The van der Waals surface area contributed by atoms with Crippen LogP contribution < -0.4 is 4.74 Å². The van der Waals surface area contributed by atoms with Crippen molar-refractivity contribution in [3.8, 4) is 5.75 Å². The highest BCUT2D eigenvalue weighted by atomic mass is 16.5. The van der Waals surface area contributed by atoms with Crippen LogP contribution in [0.1, 0.15) is 31.7 Å². The second kappa shape index (κ2) is 7.65. The standard InChI is InChI=1S/C19H30N2O2/c1-3-20-11-13-21(14-12-20)16-8-6-10-18(19(16)22)23-17-9-5-4-7-15(17)2/h4-5,7,9,16,18-19,22H,3,6,8,10-14H2,1-2H3/t16-,18+,19+/m0/s1. The molecule has 2 fully saturated rings. The SMILES string of the molecule is CCN1CCN([C@H]2CCC[C@@H](Oc3ccccc3C)[C@@H]2O)CC1. The van der Waals surface area contributed by atoms with E-state index in [0.717, 1.165) is 63.3 Å². The summed E-state index contributed by atoms with van der Waals surface area (Å²) in [4.78, 5) is 4.96. The van der Waals surface area contributed by atoms with E-state index in [2.05, 4.69) is 29.7 Å². The van der Waals surface area contributed by atoms with Crippen LogP contribution in [0.4, 0.5) is 0 Å². The Morgan fingerprint density at radius 3 is 2.57 bits per heavy atom. The van der Waals surface area contributed by atoms with Crippen LogP contribution >= 0.6 is 0 Å². The predicted molar refractivity (Wildman–Crippen MR) is 92.9 cm³/mol. The second-order valence-corrected chi connectivity index (χ2v) is 6.88. The van der Waals surface area contributed by atoms with E-state index in [4.69, 9.17) is 4.74 Å². The molecule has 2 aliphatic rings. The van der Waals surface area contributed by atoms with Gasteiger partial charge in [-0.3, -0.25) is 4.90 Å². The van der Waals surface area contributed by atoms with E-state index in [1.165, 1.54) is 0 Å². The highest BCUT2D eigenvalue weighted by Crippen LogP contribution is 2.29. The number of nitrogens with zero attached hydrogens (tertiary/aromatic N) is 2. The molecule has 128 valence electrons. The molecule has 0 amide bonds. The Kier molecular flexibility index (Phi) is 5.57. The zero-order valence-electron chi connectivity index (χ0n) is 14.4. The molecule has 1 aromatic carbocycles. The Morgan fingerprint density at radius 1 is 1.13 bits per heavy atom. The first-order chi connectivity index (χ1) is 11.2. The molecule has 1 saturated carbocycles. The van der Waals surface area contributed by atoms with Gasteiger partial charge in [-0.25, -0.2) is 0 Å². The number of benzene rings is 1. The lowest BCUT2D eigenvalue weighted by Crippen LogP contribution is -2.58. The monoisotopic (exact) mass is 318 g/mol. The molecule has 0 radical (unpaired) electrons. The third kappa shape index (κ3) is 3.87. The zero-order valence-corrected chi connectivity index (χ0v) is 14.4. The van der Waals surface area contributed by atoms with Gasteiger partial charge in [0.2, 0.25) is 0 Å². The van der Waals surface area contributed by atoms with Crippen molar-refractivity contribution in [3.05, 3.63) is 29.8 Å². The summed E-state index contributed by atoms with van der Waals surface area (Å²) in [5.41, 5.74) is 1.14. The maximum absolute atomic E-state index is 10.9. The van der Waals surface area contributed by atoms with Gasteiger partial charge in [0.1, 0.15) is 18.0 Å². The average molecular weight is 318 g/mol. The maximum Gasteiger partial charge on any atom is 0.126 e. The quantitative estimate of drug-likeness (QED) is 0.924. The van der Waals surface area contributed by atoms with Gasteiger partial charge in [-0.2, -0.15) is 0 Å². The van der Waals surface area contributed by atoms with E-state index >= 15 is 0 Å². The van der Waals surface area contributed by atoms with Crippen LogP contribution in [0, 0.1) is 6.92 Å². The van der Waals surface area contributed by atoms with Crippen molar-refractivity contribution in [2.45, 2.75) is 51.4 Å². The van der Waals surface area contributed by atoms with E-state index in [-0.39, 0.29) is 12.1 Å². The Hall–Kier alpha value is -1.10. The summed E-state index contributed by atoms with van der Waals surface area (Å²) in [7, 11) is 0. The molecule has 0 bridgehead atoms. The highest BCUT2D eigenvalue weighted by Gasteiger charge is 2.37. The van der Waals surface area contributed by atoms with Gasteiger partial charge in [-0.15, -0.1) is 0 Å². The molecule has 1 aliphatic heterocycles. The minimum absolute atomic E-state index is 0.0842. The molecule has 4 nitrogen and oxygen atoms in total. The van der Waals surface area contributed by atoms with Gasteiger partial charge in [-0.1, -0.05) is 25.1 Å². The Labute approximate surface area is 140 Å². The molecule has 1 aromatic rings. The zero-order chi connectivity index (χ0) is 16.2. The molecule has 1 aliphatic carbocycles. The number of aliphatic hydroxyl groups is 1. The van der Waals surface area contributed by atoms with Crippen LogP contribution in [0.15, 0.2) is 24.3 Å². The molecule has 0 unspecified atom stereocenters. The number of para-hydroxylation sites is 1. The van der Waals surface area contributed by atoms with E-state index in [9.17, 15) is 5.11 Å². The van der Waals surface area contributed by atoms with Crippen LogP contribution in [-0.2, 0) is 0 Å². The van der Waals surface area contributed by atoms with Gasteiger partial charge >= 0.3 is 0 Å². The van der Waals surface area contributed by atoms with Crippen LogP contribution in [0.5, 0.6) is 5.75 Å². The number of aliphatic hydroxyl groups excluding tert-OH is 1. The number of hydrogen-bond donors (Lipinski definition) is 1. The summed E-state index contributed by atoms with van der Waals surface area (Å²) in [6, 6.07) is 8.34. The van der Waals surface area contributed by atoms with Crippen molar-refractivity contribution in [1.29, 1.82) is 0 Å². The van der Waals surface area contributed by atoms with Crippen molar-refractivity contribution in [3.63, 3.8) is 0 Å². The number of rotatable bonds is 4. The Morgan fingerprint density at radius 2 is 1.87 bits per heavy atom. The van der Waals surface area contributed by atoms with E-state index in [1.54, 1.807) is 0 Å². The topological polar surface area (TPSA) is 35.9 Å². The molecule has 3 atom stereocenters. The molecular formula is C19H30N2O2. The summed E-state index contributed by atoms with van der Waals surface area (Å²) in [6.45, 7) is 9.76. The number of ether oxygens (including phenoxy) is 1. The third-order valence-electron chi connectivity index (χ3n) is 5.46. The molecule has 1 heterocycles. The van der Waals surface area contributed by atoms with Gasteiger partial charge in [0.25, 0.3) is 0 Å². The molecule has 0 aromatic heterocycles. The fraction of sp³-hybridized carbons (Fsp3) is 0.684. The van der Waals surface area contributed by atoms with E-state index in [1.807, 2.05) is 18.2 Å². The van der Waals surface area contributed by atoms with Gasteiger partial charge in [0, 0.05) is 32.2 Å². The molecule has 3 rings (SSSR count). The lowest BCUT2D eigenvalue weighted by molar-refractivity contribution is -0.0631. The summed E-state index contributed by atoms with van der Waals surface area (Å²) in [5.74, 6) is 0.910. The summed E-state index contributed by atoms with van der Waals surface area (Å²) in [6.07, 6.45) is 2.68. The summed E-state index contributed by atoms with van der Waals surface area (Å²) < 4.78 is 6.17. The van der Waals surface area contributed by atoms with Crippen molar-refractivity contribution in [2.24, 2.45) is 0 Å². The number of likely N-dealkylation sites (N-methyl/N-ethyl adjacent to an activating group) is 1. The van der Waals surface area contributed by atoms with Crippen LogP contribution in [0.25, 0.3) is 0 Å². The summed E-state index contributed by atoms with van der Waals surface area (Å²) >= 11 is 0. The Bertz CT molecular complexity index is 500. The van der Waals surface area contributed by atoms with Crippen molar-refractivity contribution >= 4 is 0 Å². The van der Waals surface area contributed by atoms with Gasteiger partial charge in [0.05, 0.1) is 0 Å². The fourth-order valence-electron chi connectivity index (χ4n) is 3.91. The second-order valence-electron chi connectivity index (χ2n) is 6.88. The lowest BCUT2D eigenvalue weighted by Gasteiger charge is -2.44. The Balaban J connectivity index is 1.62. The molecular weight excluding hydrogens is 288 g/mol. The minimum Gasteiger partial charge on any atom is -0.487 e. The number of piperazine rings is 1. The molecule has 1 N–H and O–H groups in total. The number of aryl methyl sites for hydroxylation is 1. The first-order valence-corrected chi connectivity index (χ1v) is 9.05. The first kappa shape index (κ1) is 16.7. The average Bonchev–Trinajstić information content (AvgIpc) is 2.59. The van der Waals surface area contributed by atoms with Crippen molar-refractivity contribution in [1.82, 2.24) is 9.80 Å². The molecule has 1 saturated heterocycles. The number of hydrogen-bond acceptors (Lipinski definition) is 4. The van der Waals surface area contributed by atoms with Gasteiger partial charge < -0.3 is 14.7 Å². The molecule has 4 heteroatoms. The van der Waals surface area contributed by atoms with Crippen molar-refractivity contribution in [2.75, 3.05) is 32.7 Å². The fourth-order valence-corrected chi connectivity index (χ4v) is 3.91. The predicted octanol–water partition coefficient (Wildman–Crippen LogP) is 2.29. The third-order valence-corrected chi connectivity index (χ3v) is 5.46. The van der Waals surface area contributed by atoms with E-state index in [0.29, 0.717) is 0 Å². The normalized spacial score (nSPS) is 30.3. The van der Waals surface area contributed by atoms with Crippen LogP contribution in [-0.4, -0.2) is 65.9 Å². The van der Waals surface area contributed by atoms with Gasteiger partial charge in [0.15, 0.2) is 0 Å². The summed E-state index contributed by atoms with van der Waals surface area (Å²) in [5, 5.41) is 10.9. The smallest absolute Gasteiger partial charge is 0.126 e. The van der Waals surface area contributed by atoms with Gasteiger partial charge in [-0.05, 0) is 44.4 Å². The highest BCUT2D eigenvalue weighted by molar-refractivity contribution is 5.32. The lowest BCUT2D eigenvalue weighted by atomic mass is 9.88. The van der Waals surface area contributed by atoms with Crippen LogP contribution in [0.2, 0.25) is 0 Å².